The standard InChI is InChI=1S/C26H52NO4P/c1-3-4-5-6-7-8-9-10-11-12-13-14-15-16-17-21-25-30-32(28,29)31-26-24-27(2)22-19-18-20-23-27/h18-19H,3-17,20-26H2,1-2H3. The highest BCUT2D eigenvalue weighted by Gasteiger charge is 2.22. The molecule has 190 valence electrons. The number of phosphoric ester groups is 1. The molecule has 2 unspecified atom stereocenters. The lowest BCUT2D eigenvalue weighted by Gasteiger charge is -2.36. The van der Waals surface area contributed by atoms with Crippen molar-refractivity contribution in [2.24, 2.45) is 0 Å². The molecule has 32 heavy (non-hydrogen) atoms. The number of quaternary nitrogens is 1. The van der Waals surface area contributed by atoms with Crippen LogP contribution in [0.3, 0.4) is 0 Å². The second-order valence-electron chi connectivity index (χ2n) is 9.93. The largest absolute Gasteiger partial charge is 0.756 e. The van der Waals surface area contributed by atoms with E-state index in [1.54, 1.807) is 0 Å². The molecular formula is C26H52NO4P. The number of unbranched alkanes of at least 4 members (excludes halogenated alkanes) is 15. The topological polar surface area (TPSA) is 58.6 Å². The molecule has 1 heterocycles. The van der Waals surface area contributed by atoms with Gasteiger partial charge >= 0.3 is 0 Å². The molecule has 2 atom stereocenters. The quantitative estimate of drug-likeness (QED) is 0.0724. The first-order valence-electron chi connectivity index (χ1n) is 13.6. The van der Waals surface area contributed by atoms with Crippen molar-refractivity contribution in [2.75, 3.05) is 39.9 Å². The van der Waals surface area contributed by atoms with E-state index in [2.05, 4.69) is 26.1 Å². The van der Waals surface area contributed by atoms with E-state index in [1.165, 1.54) is 83.5 Å². The number of nitrogens with zero attached hydrogens (tertiary/aromatic N) is 1. The molecule has 1 aliphatic heterocycles. The van der Waals surface area contributed by atoms with Gasteiger partial charge in [0.05, 0.1) is 26.7 Å². The Labute approximate surface area is 199 Å². The Hall–Kier alpha value is -0.190. The molecule has 6 heteroatoms. The molecule has 0 aliphatic carbocycles. The van der Waals surface area contributed by atoms with Crippen LogP contribution in [0.5, 0.6) is 0 Å². The van der Waals surface area contributed by atoms with Gasteiger partial charge in [-0.3, -0.25) is 4.57 Å². The van der Waals surface area contributed by atoms with Crippen LogP contribution in [0.15, 0.2) is 12.2 Å². The summed E-state index contributed by atoms with van der Waals surface area (Å²) in [5.74, 6) is 0. The second-order valence-corrected chi connectivity index (χ2v) is 11.3. The molecule has 0 aromatic heterocycles. The molecule has 1 rings (SSSR count). The molecule has 5 nitrogen and oxygen atoms in total. The van der Waals surface area contributed by atoms with Gasteiger partial charge in [0, 0.05) is 6.42 Å². The molecule has 0 aromatic carbocycles. The number of rotatable bonds is 22. The zero-order valence-electron chi connectivity index (χ0n) is 21.2. The smallest absolute Gasteiger partial charge is 0.268 e. The van der Waals surface area contributed by atoms with E-state index in [9.17, 15) is 9.46 Å². The second kappa shape index (κ2) is 19.2. The Kier molecular flexibility index (Phi) is 17.9. The van der Waals surface area contributed by atoms with Crippen molar-refractivity contribution in [1.29, 1.82) is 0 Å². The van der Waals surface area contributed by atoms with Crippen molar-refractivity contribution in [3.8, 4) is 0 Å². The van der Waals surface area contributed by atoms with Crippen LogP contribution < -0.4 is 4.89 Å². The van der Waals surface area contributed by atoms with Gasteiger partial charge in [0.2, 0.25) is 0 Å². The zero-order valence-corrected chi connectivity index (χ0v) is 22.1. The third-order valence-corrected chi connectivity index (χ3v) is 7.67. The van der Waals surface area contributed by atoms with Crippen molar-refractivity contribution < 1.29 is 23.0 Å². The van der Waals surface area contributed by atoms with Crippen LogP contribution in [0.25, 0.3) is 0 Å². The van der Waals surface area contributed by atoms with E-state index in [4.69, 9.17) is 9.05 Å². The van der Waals surface area contributed by atoms with Crippen molar-refractivity contribution in [1.82, 2.24) is 0 Å². The van der Waals surface area contributed by atoms with Crippen LogP contribution in [0.4, 0.5) is 0 Å². The lowest BCUT2D eigenvalue weighted by atomic mass is 10.0. The summed E-state index contributed by atoms with van der Waals surface area (Å²) in [6.07, 6.45) is 26.2. The van der Waals surface area contributed by atoms with E-state index in [0.717, 1.165) is 43.3 Å². The molecule has 0 fully saturated rings. The molecule has 0 aromatic rings. The van der Waals surface area contributed by atoms with Crippen LogP contribution in [-0.2, 0) is 13.6 Å². The van der Waals surface area contributed by atoms with Crippen LogP contribution in [0, 0.1) is 0 Å². The Morgan fingerprint density at radius 3 is 1.69 bits per heavy atom. The molecule has 0 saturated heterocycles. The summed E-state index contributed by atoms with van der Waals surface area (Å²) < 4.78 is 22.8. The van der Waals surface area contributed by atoms with E-state index in [0.29, 0.717) is 6.54 Å². The van der Waals surface area contributed by atoms with Crippen LogP contribution in [-0.4, -0.2) is 44.4 Å². The summed E-state index contributed by atoms with van der Waals surface area (Å²) >= 11 is 0. The van der Waals surface area contributed by atoms with Crippen LogP contribution in [0.1, 0.15) is 116 Å². The third-order valence-electron chi connectivity index (χ3n) is 6.68. The molecule has 0 saturated carbocycles. The van der Waals surface area contributed by atoms with Gasteiger partial charge in [-0.2, -0.15) is 0 Å². The van der Waals surface area contributed by atoms with Gasteiger partial charge in [-0.1, -0.05) is 109 Å². The summed E-state index contributed by atoms with van der Waals surface area (Å²) in [4.78, 5) is 11.9. The summed E-state index contributed by atoms with van der Waals surface area (Å²) in [7, 11) is -2.02. The molecule has 1 aliphatic rings. The normalized spacial score (nSPS) is 20.5. The van der Waals surface area contributed by atoms with Gasteiger partial charge in [0.1, 0.15) is 13.2 Å². The maximum atomic E-state index is 11.9. The lowest BCUT2D eigenvalue weighted by molar-refractivity contribution is -0.905. The number of hydrogen-bond donors (Lipinski definition) is 0. The fourth-order valence-corrected chi connectivity index (χ4v) is 5.10. The van der Waals surface area contributed by atoms with Gasteiger partial charge in [-0.05, 0) is 12.5 Å². The molecule has 0 N–H and O–H groups in total. The fraction of sp³-hybridized carbons (Fsp3) is 0.923. The summed E-state index contributed by atoms with van der Waals surface area (Å²) in [6.45, 7) is 5.38. The maximum Gasteiger partial charge on any atom is 0.268 e. The lowest BCUT2D eigenvalue weighted by Crippen LogP contribution is -2.48. The number of likely N-dealkylation sites (N-methyl/N-ethyl adjacent to an activating group) is 1. The highest BCUT2D eigenvalue weighted by Crippen LogP contribution is 2.38. The molecule has 0 amide bonds. The monoisotopic (exact) mass is 473 g/mol. The minimum Gasteiger partial charge on any atom is -0.756 e. The van der Waals surface area contributed by atoms with Crippen molar-refractivity contribution in [3.63, 3.8) is 0 Å². The van der Waals surface area contributed by atoms with Crippen molar-refractivity contribution in [3.05, 3.63) is 12.2 Å². The summed E-state index contributed by atoms with van der Waals surface area (Å²) in [6, 6.07) is 0. The number of phosphoric acid groups is 1. The van der Waals surface area contributed by atoms with Crippen LogP contribution >= 0.6 is 7.82 Å². The van der Waals surface area contributed by atoms with E-state index < -0.39 is 7.82 Å². The van der Waals surface area contributed by atoms with Gasteiger partial charge < -0.3 is 18.4 Å². The first kappa shape index (κ1) is 29.8. The fourth-order valence-electron chi connectivity index (χ4n) is 4.36. The first-order valence-corrected chi connectivity index (χ1v) is 15.0. The molecule has 0 radical (unpaired) electrons. The predicted octanol–water partition coefficient (Wildman–Crippen LogP) is 7.16. The number of hydrogen-bond acceptors (Lipinski definition) is 4. The Balaban J connectivity index is 1.83. The molecule has 0 spiro atoms. The zero-order chi connectivity index (χ0) is 23.4. The van der Waals surface area contributed by atoms with Gasteiger partial charge in [0.15, 0.2) is 0 Å². The van der Waals surface area contributed by atoms with Gasteiger partial charge in [-0.15, -0.1) is 0 Å². The highest BCUT2D eigenvalue weighted by atomic mass is 31.2. The van der Waals surface area contributed by atoms with Crippen LogP contribution in [0.2, 0.25) is 0 Å². The minimum atomic E-state index is -4.16. The average molecular weight is 474 g/mol. The third kappa shape index (κ3) is 17.3. The SMILES string of the molecule is CCCCCCCCCCCCCCCCCCOP(=O)([O-])OCC[N+]1(C)CC=CCC1. The van der Waals surface area contributed by atoms with Gasteiger partial charge in [0.25, 0.3) is 7.82 Å². The highest BCUT2D eigenvalue weighted by molar-refractivity contribution is 7.45. The summed E-state index contributed by atoms with van der Waals surface area (Å²) in [5.41, 5.74) is 0. The van der Waals surface area contributed by atoms with E-state index >= 15 is 0 Å². The van der Waals surface area contributed by atoms with Gasteiger partial charge in [-0.25, -0.2) is 0 Å². The van der Waals surface area contributed by atoms with E-state index in [-0.39, 0.29) is 13.2 Å². The summed E-state index contributed by atoms with van der Waals surface area (Å²) in [5, 5.41) is 0. The Morgan fingerprint density at radius 2 is 1.22 bits per heavy atom. The first-order chi connectivity index (χ1) is 15.5. The maximum absolute atomic E-state index is 11.9. The molecule has 0 bridgehead atoms. The Bertz CT molecular complexity index is 514. The average Bonchev–Trinajstić information content (AvgIpc) is 2.76. The Morgan fingerprint density at radius 1 is 0.750 bits per heavy atom. The van der Waals surface area contributed by atoms with Crippen molar-refractivity contribution in [2.45, 2.75) is 116 Å². The van der Waals surface area contributed by atoms with E-state index in [1.807, 2.05) is 0 Å². The van der Waals surface area contributed by atoms with Crippen molar-refractivity contribution >= 4 is 7.82 Å². The predicted molar refractivity (Wildman–Crippen MR) is 134 cm³/mol. The molecular weight excluding hydrogens is 421 g/mol. The minimum absolute atomic E-state index is 0.198.